The van der Waals surface area contributed by atoms with Gasteiger partial charge in [-0.05, 0) is 71.0 Å². The van der Waals surface area contributed by atoms with Gasteiger partial charge in [0.2, 0.25) is 0 Å². The lowest BCUT2D eigenvalue weighted by molar-refractivity contribution is 0.0335. The van der Waals surface area contributed by atoms with E-state index in [-0.39, 0.29) is 0 Å². The third-order valence-electron chi connectivity index (χ3n) is 9.02. The summed E-state index contributed by atoms with van der Waals surface area (Å²) < 4.78 is 0. The van der Waals surface area contributed by atoms with E-state index in [0.29, 0.717) is 21.7 Å². The third-order valence-corrected chi connectivity index (χ3v) is 9.02. The Morgan fingerprint density at radius 1 is 1.14 bits per heavy atom. The number of hydrogen-bond acceptors (Lipinski definition) is 0. The van der Waals surface area contributed by atoms with Crippen LogP contribution in [0, 0.1) is 45.3 Å². The fourth-order valence-electron chi connectivity index (χ4n) is 7.43. The van der Waals surface area contributed by atoms with E-state index in [9.17, 15) is 0 Å². The molecule has 0 N–H and O–H groups in total. The number of fused-ring (bicyclic) bond motifs is 1. The summed E-state index contributed by atoms with van der Waals surface area (Å²) in [4.78, 5) is 0. The van der Waals surface area contributed by atoms with Crippen LogP contribution in [-0.2, 0) is 0 Å². The van der Waals surface area contributed by atoms with Crippen LogP contribution in [0.15, 0.2) is 0 Å². The molecule has 0 nitrogen and oxygen atoms in total. The molecule has 0 saturated heterocycles. The molecule has 3 aliphatic rings. The van der Waals surface area contributed by atoms with Crippen molar-refractivity contribution in [2.75, 3.05) is 0 Å². The average molecular weight is 291 g/mol. The van der Waals surface area contributed by atoms with Crippen molar-refractivity contribution in [1.82, 2.24) is 0 Å². The molecule has 122 valence electrons. The van der Waals surface area contributed by atoms with Crippen LogP contribution in [0.3, 0.4) is 0 Å². The fourth-order valence-corrected chi connectivity index (χ4v) is 7.43. The summed E-state index contributed by atoms with van der Waals surface area (Å²) in [7, 11) is 0. The molecule has 0 heteroatoms. The molecule has 0 radical (unpaired) electrons. The maximum Gasteiger partial charge on any atom is -0.0173 e. The maximum atomic E-state index is 2.69. The Bertz CT molecular complexity index is 431. The zero-order valence-corrected chi connectivity index (χ0v) is 15.8. The minimum atomic E-state index is 0.566. The summed E-state index contributed by atoms with van der Waals surface area (Å²) in [5.41, 5.74) is 2.55. The first-order chi connectivity index (χ1) is 9.60. The Hall–Kier alpha value is 0. The molecule has 0 amide bonds. The van der Waals surface area contributed by atoms with Crippen molar-refractivity contribution < 1.29 is 0 Å². The van der Waals surface area contributed by atoms with Gasteiger partial charge < -0.3 is 0 Å². The largest absolute Gasteiger partial charge is 0.0651 e. The Kier molecular flexibility index (Phi) is 3.25. The molecule has 0 bridgehead atoms. The van der Waals surface area contributed by atoms with Gasteiger partial charge in [0.1, 0.15) is 0 Å². The first kappa shape index (κ1) is 15.9. The summed E-state index contributed by atoms with van der Waals surface area (Å²) in [5, 5.41) is 0. The minimum Gasteiger partial charge on any atom is -0.0651 e. The van der Waals surface area contributed by atoms with Gasteiger partial charge in [0, 0.05) is 0 Å². The minimum absolute atomic E-state index is 0.566. The van der Waals surface area contributed by atoms with Crippen LogP contribution in [0.5, 0.6) is 0 Å². The molecular formula is C21H38. The average Bonchev–Trinajstić information content (AvgIpc) is 3.23. The van der Waals surface area contributed by atoms with Crippen LogP contribution in [0.4, 0.5) is 0 Å². The molecule has 0 aromatic carbocycles. The van der Waals surface area contributed by atoms with Crippen molar-refractivity contribution in [3.8, 4) is 0 Å². The highest BCUT2D eigenvalue weighted by molar-refractivity contribution is 5.34. The molecule has 6 unspecified atom stereocenters. The zero-order chi connectivity index (χ0) is 15.8. The summed E-state index contributed by atoms with van der Waals surface area (Å²) in [5.74, 6) is 3.66. The molecule has 3 aliphatic carbocycles. The Labute approximate surface area is 133 Å². The van der Waals surface area contributed by atoms with Crippen molar-refractivity contribution in [2.24, 2.45) is 45.3 Å². The lowest BCUT2D eigenvalue weighted by Gasteiger charge is -2.44. The lowest BCUT2D eigenvalue weighted by Crippen LogP contribution is -2.39. The smallest absolute Gasteiger partial charge is 0.0173 e. The van der Waals surface area contributed by atoms with Crippen LogP contribution < -0.4 is 0 Å². The summed E-state index contributed by atoms with van der Waals surface area (Å²) in [6.45, 7) is 20.3. The molecular weight excluding hydrogens is 252 g/mol. The van der Waals surface area contributed by atoms with Crippen molar-refractivity contribution >= 4 is 0 Å². The highest BCUT2D eigenvalue weighted by atomic mass is 14.9. The summed E-state index contributed by atoms with van der Waals surface area (Å²) in [6, 6.07) is 0. The first-order valence-corrected chi connectivity index (χ1v) is 9.60. The van der Waals surface area contributed by atoms with Gasteiger partial charge in [0.15, 0.2) is 0 Å². The quantitative estimate of drug-likeness (QED) is 0.520. The molecule has 3 fully saturated rings. The number of hydrogen-bond donors (Lipinski definition) is 0. The number of rotatable bonds is 6. The fraction of sp³-hybridized carbons (Fsp3) is 1.00. The summed E-state index contributed by atoms with van der Waals surface area (Å²) in [6.07, 6.45) is 7.27. The van der Waals surface area contributed by atoms with Gasteiger partial charge in [-0.1, -0.05) is 61.8 Å². The van der Waals surface area contributed by atoms with Gasteiger partial charge in [-0.25, -0.2) is 0 Å². The normalized spacial score (nSPS) is 47.3. The van der Waals surface area contributed by atoms with E-state index in [1.807, 2.05) is 0 Å². The molecule has 0 aliphatic heterocycles. The van der Waals surface area contributed by atoms with E-state index in [1.54, 1.807) is 0 Å². The highest BCUT2D eigenvalue weighted by Gasteiger charge is 2.87. The van der Waals surface area contributed by atoms with Gasteiger partial charge in [-0.15, -0.1) is 0 Å². The highest BCUT2D eigenvalue weighted by Crippen LogP contribution is 2.92. The van der Waals surface area contributed by atoms with Crippen LogP contribution in [0.2, 0.25) is 0 Å². The monoisotopic (exact) mass is 290 g/mol. The van der Waals surface area contributed by atoms with Crippen molar-refractivity contribution in [3.05, 3.63) is 0 Å². The molecule has 0 aromatic rings. The topological polar surface area (TPSA) is 0 Å². The van der Waals surface area contributed by atoms with Crippen LogP contribution in [0.25, 0.3) is 0 Å². The standard InChI is InChI=1S/C21H38/c1-9-15(4)20(8,18(6)10-11-18)17-19(7)13-16(5)21(17,19)12-14(2)3/h14-17H,9-13H2,1-8H3. The van der Waals surface area contributed by atoms with Gasteiger partial charge >= 0.3 is 0 Å². The molecule has 0 aromatic heterocycles. The van der Waals surface area contributed by atoms with Gasteiger partial charge in [0.05, 0.1) is 0 Å². The molecule has 3 rings (SSSR count). The second-order valence-electron chi connectivity index (χ2n) is 10.2. The van der Waals surface area contributed by atoms with Gasteiger partial charge in [-0.2, -0.15) is 0 Å². The zero-order valence-electron chi connectivity index (χ0n) is 15.8. The molecule has 0 heterocycles. The molecule has 21 heavy (non-hydrogen) atoms. The predicted octanol–water partition coefficient (Wildman–Crippen LogP) is 6.55. The van der Waals surface area contributed by atoms with E-state index >= 15 is 0 Å². The van der Waals surface area contributed by atoms with Crippen LogP contribution in [-0.4, -0.2) is 0 Å². The Morgan fingerprint density at radius 2 is 1.71 bits per heavy atom. The summed E-state index contributed by atoms with van der Waals surface area (Å²) >= 11 is 0. The van der Waals surface area contributed by atoms with Crippen molar-refractivity contribution in [2.45, 2.75) is 87.5 Å². The Balaban J connectivity index is 1.98. The second kappa shape index (κ2) is 4.30. The predicted molar refractivity (Wildman–Crippen MR) is 92.2 cm³/mol. The van der Waals surface area contributed by atoms with E-state index < -0.39 is 0 Å². The van der Waals surface area contributed by atoms with E-state index in [0.717, 1.165) is 23.7 Å². The third kappa shape index (κ3) is 1.63. The second-order valence-corrected chi connectivity index (χ2v) is 10.2. The first-order valence-electron chi connectivity index (χ1n) is 9.60. The van der Waals surface area contributed by atoms with Crippen LogP contribution >= 0.6 is 0 Å². The van der Waals surface area contributed by atoms with Crippen molar-refractivity contribution in [3.63, 3.8) is 0 Å². The van der Waals surface area contributed by atoms with Crippen LogP contribution in [0.1, 0.15) is 87.5 Å². The van der Waals surface area contributed by atoms with E-state index in [1.165, 1.54) is 32.1 Å². The van der Waals surface area contributed by atoms with E-state index in [4.69, 9.17) is 0 Å². The van der Waals surface area contributed by atoms with Gasteiger partial charge in [-0.3, -0.25) is 0 Å². The van der Waals surface area contributed by atoms with E-state index in [2.05, 4.69) is 55.4 Å². The molecule has 0 spiro atoms. The SMILES string of the molecule is CCC(C)C(C)(C1C2(C)CC(C)C12CC(C)C)C1(C)CC1. The Morgan fingerprint density at radius 3 is 2.10 bits per heavy atom. The molecule has 3 saturated carbocycles. The van der Waals surface area contributed by atoms with Crippen molar-refractivity contribution in [1.29, 1.82) is 0 Å². The van der Waals surface area contributed by atoms with Gasteiger partial charge in [0.25, 0.3) is 0 Å². The lowest BCUT2D eigenvalue weighted by atomic mass is 9.60. The molecule has 6 atom stereocenters. The maximum absolute atomic E-state index is 2.69.